The van der Waals surface area contributed by atoms with Crippen molar-refractivity contribution in [3.05, 3.63) is 45.8 Å². The summed E-state index contributed by atoms with van der Waals surface area (Å²) >= 11 is 5.89. The highest BCUT2D eigenvalue weighted by atomic mass is 35.5. The number of halogens is 1. The molecule has 1 aromatic carbocycles. The number of ether oxygens (including phenoxy) is 2. The van der Waals surface area contributed by atoms with Crippen molar-refractivity contribution in [1.82, 2.24) is 10.3 Å². The Morgan fingerprint density at radius 2 is 2.21 bits per heavy atom. The first kappa shape index (κ1) is 17.8. The molecule has 29 heavy (non-hydrogen) atoms. The normalized spacial score (nSPS) is 35.1. The second-order valence-corrected chi connectivity index (χ2v) is 9.89. The topological polar surface area (TPSA) is 63.4 Å². The number of aromatic nitrogens is 1. The van der Waals surface area contributed by atoms with Gasteiger partial charge in [0.25, 0.3) is 5.24 Å². The summed E-state index contributed by atoms with van der Waals surface area (Å²) in [7, 11) is 3.78. The van der Waals surface area contributed by atoms with Crippen LogP contribution < -0.4 is 14.8 Å². The summed E-state index contributed by atoms with van der Waals surface area (Å²) in [6.45, 7) is 4.41. The fourth-order valence-electron chi connectivity index (χ4n) is 7.48. The monoisotopic (exact) mass is 412 g/mol. The van der Waals surface area contributed by atoms with Gasteiger partial charge < -0.3 is 19.8 Å². The average Bonchev–Trinajstić information content (AvgIpc) is 3.25. The van der Waals surface area contributed by atoms with Crippen molar-refractivity contribution in [2.75, 3.05) is 14.2 Å². The molecular weight excluding hydrogens is 388 g/mol. The average molecular weight is 413 g/mol. The highest BCUT2D eigenvalue weighted by Crippen LogP contribution is 2.73. The summed E-state index contributed by atoms with van der Waals surface area (Å²) < 4.78 is 12.4. The number of hydrogen-bond acceptors (Lipinski definition) is 4. The molecule has 1 fully saturated rings. The van der Waals surface area contributed by atoms with Gasteiger partial charge in [0, 0.05) is 17.0 Å². The highest BCUT2D eigenvalue weighted by Gasteiger charge is 2.71. The van der Waals surface area contributed by atoms with Gasteiger partial charge in [-0.3, -0.25) is 4.79 Å². The number of benzene rings is 1. The minimum absolute atomic E-state index is 0.114. The van der Waals surface area contributed by atoms with Gasteiger partial charge in [0.2, 0.25) is 0 Å². The van der Waals surface area contributed by atoms with Crippen molar-refractivity contribution in [2.45, 2.75) is 50.7 Å². The zero-order valence-corrected chi connectivity index (χ0v) is 17.9. The quantitative estimate of drug-likeness (QED) is 0.752. The van der Waals surface area contributed by atoms with Crippen LogP contribution in [-0.2, 0) is 18.3 Å². The Balaban J connectivity index is 1.67. The second kappa shape index (κ2) is 5.38. The predicted molar refractivity (Wildman–Crippen MR) is 110 cm³/mol. The molecule has 2 aromatic rings. The molecule has 1 spiro atoms. The maximum atomic E-state index is 12.0. The third kappa shape index (κ3) is 1.85. The Hall–Kier alpha value is -1.98. The largest absolute Gasteiger partial charge is 0.493 e. The van der Waals surface area contributed by atoms with Crippen LogP contribution in [0.2, 0.25) is 0 Å². The summed E-state index contributed by atoms with van der Waals surface area (Å²) in [5.74, 6) is 2.07. The van der Waals surface area contributed by atoms with E-state index in [1.807, 2.05) is 13.0 Å². The predicted octanol–water partition coefficient (Wildman–Crippen LogP) is 3.81. The van der Waals surface area contributed by atoms with E-state index in [2.05, 4.69) is 30.3 Å². The van der Waals surface area contributed by atoms with Crippen LogP contribution in [0.3, 0.4) is 0 Å². The van der Waals surface area contributed by atoms with Crippen LogP contribution in [0.25, 0.3) is 0 Å². The summed E-state index contributed by atoms with van der Waals surface area (Å²) in [6.07, 6.45) is 2.87. The zero-order chi connectivity index (χ0) is 20.3. The number of H-pyrrole nitrogens is 1. The summed E-state index contributed by atoms with van der Waals surface area (Å²) in [4.78, 5) is 15.4. The van der Waals surface area contributed by atoms with E-state index in [4.69, 9.17) is 21.1 Å². The first-order valence-electron chi connectivity index (χ1n) is 10.3. The lowest BCUT2D eigenvalue weighted by Crippen LogP contribution is -2.47. The van der Waals surface area contributed by atoms with Crippen LogP contribution in [0.5, 0.6) is 11.5 Å². The molecule has 6 heteroatoms. The van der Waals surface area contributed by atoms with Crippen molar-refractivity contribution in [3.63, 3.8) is 0 Å². The first-order valence-corrected chi connectivity index (χ1v) is 10.7. The SMILES string of the molecule is CNC1C2Cc3c([nH]c(C(=O)Cl)c3C)[C@@H]3Oc4c(OC)ccc5c4C23CC1(C)C5. The molecule has 4 aliphatic rings. The molecule has 0 radical (unpaired) electrons. The lowest BCUT2D eigenvalue weighted by atomic mass is 9.59. The number of carbonyl (C=O) groups is 1. The Morgan fingerprint density at radius 3 is 2.90 bits per heavy atom. The molecule has 2 N–H and O–H groups in total. The van der Waals surface area contributed by atoms with Gasteiger partial charge in [-0.1, -0.05) is 13.0 Å². The fraction of sp³-hybridized carbons (Fsp3) is 0.522. The molecule has 2 heterocycles. The Kier molecular flexibility index (Phi) is 3.31. The summed E-state index contributed by atoms with van der Waals surface area (Å²) in [6, 6.07) is 4.63. The molecule has 1 aliphatic heterocycles. The van der Waals surface area contributed by atoms with E-state index in [9.17, 15) is 4.79 Å². The minimum Gasteiger partial charge on any atom is -0.493 e. The van der Waals surface area contributed by atoms with Gasteiger partial charge in [0.15, 0.2) is 11.5 Å². The molecule has 1 aromatic heterocycles. The van der Waals surface area contributed by atoms with Crippen molar-refractivity contribution < 1.29 is 14.3 Å². The number of nitrogens with one attached hydrogen (secondary N) is 2. The van der Waals surface area contributed by atoms with Crippen LogP contribution in [0.4, 0.5) is 0 Å². The van der Waals surface area contributed by atoms with E-state index in [1.54, 1.807) is 7.11 Å². The molecule has 1 saturated carbocycles. The van der Waals surface area contributed by atoms with Gasteiger partial charge in [-0.15, -0.1) is 0 Å². The fourth-order valence-corrected chi connectivity index (χ4v) is 7.67. The number of fused-ring (bicyclic) bond motifs is 3. The van der Waals surface area contributed by atoms with Gasteiger partial charge in [-0.25, -0.2) is 0 Å². The van der Waals surface area contributed by atoms with Crippen LogP contribution in [0, 0.1) is 18.3 Å². The molecule has 0 amide bonds. The summed E-state index contributed by atoms with van der Waals surface area (Å²) in [5, 5.41) is 3.23. The zero-order valence-electron chi connectivity index (χ0n) is 17.1. The molecule has 0 saturated heterocycles. The highest BCUT2D eigenvalue weighted by molar-refractivity contribution is 6.67. The maximum Gasteiger partial charge on any atom is 0.268 e. The smallest absolute Gasteiger partial charge is 0.268 e. The van der Waals surface area contributed by atoms with Gasteiger partial charge in [-0.05, 0) is 78.9 Å². The van der Waals surface area contributed by atoms with E-state index >= 15 is 0 Å². The molecule has 3 aliphatic carbocycles. The maximum absolute atomic E-state index is 12.0. The van der Waals surface area contributed by atoms with Crippen LogP contribution in [-0.4, -0.2) is 30.4 Å². The van der Waals surface area contributed by atoms with E-state index in [0.29, 0.717) is 17.7 Å². The number of hydrogen-bond donors (Lipinski definition) is 2. The van der Waals surface area contributed by atoms with Crippen molar-refractivity contribution >= 4 is 16.8 Å². The van der Waals surface area contributed by atoms with Crippen molar-refractivity contribution in [1.29, 1.82) is 0 Å². The minimum atomic E-state index is -0.438. The number of methoxy groups -OCH3 is 1. The molecule has 4 unspecified atom stereocenters. The first-order chi connectivity index (χ1) is 13.9. The standard InChI is InChI=1S/C23H25ClN2O3/c1-10-12-7-13-19(25-3)22(2)8-11-5-6-14(28-4)18-15(11)23(13,9-22)20(29-18)17(12)26-16(10)21(24)27/h5-6,13,19-20,25-26H,7-9H2,1-4H3/t13?,19?,20-,22?,23?/m0/s1. The molecule has 152 valence electrons. The third-order valence-electron chi connectivity index (χ3n) is 8.31. The molecule has 6 rings (SSSR count). The molecule has 5 nitrogen and oxygen atoms in total. The van der Waals surface area contributed by atoms with E-state index in [0.717, 1.165) is 42.0 Å². The van der Waals surface area contributed by atoms with E-state index in [1.165, 1.54) is 16.7 Å². The Morgan fingerprint density at radius 1 is 1.41 bits per heavy atom. The Labute approximate surface area is 175 Å². The van der Waals surface area contributed by atoms with Crippen molar-refractivity contribution in [3.8, 4) is 11.5 Å². The lowest BCUT2D eigenvalue weighted by molar-refractivity contribution is 0.0880. The van der Waals surface area contributed by atoms with Gasteiger partial charge >= 0.3 is 0 Å². The molecule has 2 bridgehead atoms. The van der Waals surface area contributed by atoms with Crippen LogP contribution in [0.15, 0.2) is 12.1 Å². The number of carbonyl (C=O) groups excluding carboxylic acids is 1. The number of rotatable bonds is 3. The van der Waals surface area contributed by atoms with Gasteiger partial charge in [0.1, 0.15) is 11.8 Å². The molecule has 5 atom stereocenters. The lowest BCUT2D eigenvalue weighted by Gasteiger charge is -2.43. The van der Waals surface area contributed by atoms with E-state index < -0.39 is 5.24 Å². The Bertz CT molecular complexity index is 1090. The van der Waals surface area contributed by atoms with Crippen LogP contribution >= 0.6 is 11.6 Å². The third-order valence-corrected chi connectivity index (χ3v) is 8.50. The van der Waals surface area contributed by atoms with Gasteiger partial charge in [0.05, 0.1) is 12.8 Å². The summed E-state index contributed by atoms with van der Waals surface area (Å²) in [5.41, 5.74) is 6.43. The second-order valence-electron chi connectivity index (χ2n) is 9.54. The van der Waals surface area contributed by atoms with Crippen molar-refractivity contribution in [2.24, 2.45) is 11.3 Å². The van der Waals surface area contributed by atoms with E-state index in [-0.39, 0.29) is 16.9 Å². The van der Waals surface area contributed by atoms with Gasteiger partial charge in [-0.2, -0.15) is 0 Å². The molecular formula is C23H25ClN2O3. The number of aromatic amines is 1. The van der Waals surface area contributed by atoms with Crippen LogP contribution in [0.1, 0.15) is 57.9 Å².